The highest BCUT2D eigenvalue weighted by Crippen LogP contribution is 2.30. The first-order chi connectivity index (χ1) is 8.60. The van der Waals surface area contributed by atoms with Gasteiger partial charge in [-0.1, -0.05) is 15.9 Å². The molecule has 0 bridgehead atoms. The number of hydrogen-bond acceptors (Lipinski definition) is 3. The third kappa shape index (κ3) is 3.35. The van der Waals surface area contributed by atoms with Crippen molar-refractivity contribution in [2.24, 2.45) is 5.73 Å². The van der Waals surface area contributed by atoms with Gasteiger partial charge >= 0.3 is 0 Å². The van der Waals surface area contributed by atoms with Gasteiger partial charge in [-0.15, -0.1) is 11.3 Å². The highest BCUT2D eigenvalue weighted by Gasteiger charge is 2.14. The van der Waals surface area contributed by atoms with Gasteiger partial charge in [-0.05, 0) is 52.7 Å². The average Bonchev–Trinajstić information content (AvgIpc) is 2.77. The Morgan fingerprint density at radius 1 is 1.33 bits per heavy atom. The predicted octanol–water partition coefficient (Wildman–Crippen LogP) is 4.66. The number of halogens is 2. The summed E-state index contributed by atoms with van der Waals surface area (Å²) in [6.07, 6.45) is -0.0955. The SMILES string of the molecule is Cc1cc(OC(CN)c2cc(Br)cs2)ccc1Br. The number of thiophene rings is 1. The molecule has 2 N–H and O–H groups in total. The molecular formula is C13H13Br2NOS. The maximum absolute atomic E-state index is 5.94. The summed E-state index contributed by atoms with van der Waals surface area (Å²) < 4.78 is 8.09. The van der Waals surface area contributed by atoms with Gasteiger partial charge in [0, 0.05) is 25.7 Å². The molecule has 0 aliphatic rings. The van der Waals surface area contributed by atoms with Crippen molar-refractivity contribution in [2.75, 3.05) is 6.54 Å². The molecule has 0 aliphatic heterocycles. The molecule has 0 aliphatic carbocycles. The summed E-state index contributed by atoms with van der Waals surface area (Å²) >= 11 is 8.57. The Hall–Kier alpha value is -0.360. The topological polar surface area (TPSA) is 35.2 Å². The fourth-order valence-electron chi connectivity index (χ4n) is 1.57. The molecule has 5 heteroatoms. The molecule has 0 fully saturated rings. The van der Waals surface area contributed by atoms with Gasteiger partial charge in [0.05, 0.1) is 0 Å². The van der Waals surface area contributed by atoms with Crippen LogP contribution >= 0.6 is 43.2 Å². The average molecular weight is 391 g/mol. The van der Waals surface area contributed by atoms with Gasteiger partial charge < -0.3 is 10.5 Å². The van der Waals surface area contributed by atoms with E-state index < -0.39 is 0 Å². The van der Waals surface area contributed by atoms with E-state index in [0.717, 1.165) is 25.1 Å². The Balaban J connectivity index is 2.17. The first-order valence-corrected chi connectivity index (χ1v) is 7.93. The lowest BCUT2D eigenvalue weighted by Crippen LogP contribution is -2.17. The van der Waals surface area contributed by atoms with E-state index in [2.05, 4.69) is 31.9 Å². The smallest absolute Gasteiger partial charge is 0.145 e. The van der Waals surface area contributed by atoms with Gasteiger partial charge in [-0.3, -0.25) is 0 Å². The quantitative estimate of drug-likeness (QED) is 0.823. The molecule has 2 rings (SSSR count). The predicted molar refractivity (Wildman–Crippen MR) is 83.3 cm³/mol. The van der Waals surface area contributed by atoms with Crippen LogP contribution in [0, 0.1) is 6.92 Å². The number of aryl methyl sites for hydroxylation is 1. The molecule has 96 valence electrons. The standard InChI is InChI=1S/C13H13Br2NOS/c1-8-4-10(2-3-11(8)15)17-12(6-16)13-5-9(14)7-18-13/h2-5,7,12H,6,16H2,1H3. The highest BCUT2D eigenvalue weighted by atomic mass is 79.9. The van der Waals surface area contributed by atoms with Crippen molar-refractivity contribution in [3.8, 4) is 5.75 Å². The van der Waals surface area contributed by atoms with Crippen molar-refractivity contribution in [1.29, 1.82) is 0 Å². The van der Waals surface area contributed by atoms with Gasteiger partial charge in [0.2, 0.25) is 0 Å². The van der Waals surface area contributed by atoms with Crippen LogP contribution in [0.3, 0.4) is 0 Å². The molecule has 1 aromatic carbocycles. The van der Waals surface area contributed by atoms with Crippen LogP contribution in [-0.2, 0) is 0 Å². The first-order valence-electron chi connectivity index (χ1n) is 5.47. The second kappa shape index (κ2) is 6.19. The molecule has 0 saturated carbocycles. The molecule has 0 amide bonds. The number of benzene rings is 1. The highest BCUT2D eigenvalue weighted by molar-refractivity contribution is 9.10. The van der Waals surface area contributed by atoms with E-state index in [1.165, 1.54) is 0 Å². The summed E-state index contributed by atoms with van der Waals surface area (Å²) in [4.78, 5) is 1.13. The van der Waals surface area contributed by atoms with Crippen LogP contribution in [-0.4, -0.2) is 6.54 Å². The molecule has 2 aromatic rings. The molecule has 18 heavy (non-hydrogen) atoms. The van der Waals surface area contributed by atoms with E-state index in [0.29, 0.717) is 6.54 Å². The minimum Gasteiger partial charge on any atom is -0.484 e. The lowest BCUT2D eigenvalue weighted by molar-refractivity contribution is 0.218. The van der Waals surface area contributed by atoms with Crippen molar-refractivity contribution in [1.82, 2.24) is 0 Å². The van der Waals surface area contributed by atoms with Crippen molar-refractivity contribution in [3.63, 3.8) is 0 Å². The Kier molecular flexibility index (Phi) is 4.84. The number of nitrogens with two attached hydrogens (primary N) is 1. The summed E-state index contributed by atoms with van der Waals surface area (Å²) in [5, 5.41) is 2.04. The van der Waals surface area contributed by atoms with Crippen LogP contribution in [0.15, 0.2) is 38.6 Å². The van der Waals surface area contributed by atoms with Crippen LogP contribution in [0.25, 0.3) is 0 Å². The minimum atomic E-state index is -0.0955. The molecular weight excluding hydrogens is 378 g/mol. The van der Waals surface area contributed by atoms with E-state index in [9.17, 15) is 0 Å². The van der Waals surface area contributed by atoms with Gasteiger partial charge in [-0.2, -0.15) is 0 Å². The third-order valence-corrected chi connectivity index (χ3v) is 5.20. The Morgan fingerprint density at radius 2 is 2.11 bits per heavy atom. The summed E-state index contributed by atoms with van der Waals surface area (Å²) in [5.41, 5.74) is 6.94. The molecule has 1 aromatic heterocycles. The fourth-order valence-corrected chi connectivity index (χ4v) is 3.31. The Labute approximate surface area is 127 Å². The summed E-state index contributed by atoms with van der Waals surface area (Å²) in [6.45, 7) is 2.50. The number of ether oxygens (including phenoxy) is 1. The normalized spacial score (nSPS) is 12.4. The van der Waals surface area contributed by atoms with Crippen LogP contribution in [0.4, 0.5) is 0 Å². The zero-order valence-corrected chi connectivity index (χ0v) is 13.8. The van der Waals surface area contributed by atoms with Crippen LogP contribution < -0.4 is 10.5 Å². The molecule has 0 spiro atoms. The Bertz CT molecular complexity index is 542. The maximum Gasteiger partial charge on any atom is 0.145 e. The van der Waals surface area contributed by atoms with Gasteiger partial charge in [0.25, 0.3) is 0 Å². The van der Waals surface area contributed by atoms with E-state index in [-0.39, 0.29) is 6.10 Å². The summed E-state index contributed by atoms with van der Waals surface area (Å²) in [6, 6.07) is 7.99. The molecule has 1 heterocycles. The molecule has 0 saturated heterocycles. The van der Waals surface area contributed by atoms with E-state index in [1.807, 2.05) is 36.6 Å². The third-order valence-electron chi connectivity index (χ3n) is 2.53. The van der Waals surface area contributed by atoms with E-state index in [4.69, 9.17) is 10.5 Å². The van der Waals surface area contributed by atoms with Crippen molar-refractivity contribution in [2.45, 2.75) is 13.0 Å². The first kappa shape index (κ1) is 14.1. The van der Waals surface area contributed by atoms with Crippen LogP contribution in [0.2, 0.25) is 0 Å². The number of rotatable bonds is 4. The lowest BCUT2D eigenvalue weighted by atomic mass is 10.2. The zero-order valence-electron chi connectivity index (χ0n) is 9.82. The number of hydrogen-bond donors (Lipinski definition) is 1. The van der Waals surface area contributed by atoms with E-state index in [1.54, 1.807) is 11.3 Å². The fraction of sp³-hybridized carbons (Fsp3) is 0.231. The largest absolute Gasteiger partial charge is 0.484 e. The van der Waals surface area contributed by atoms with Gasteiger partial charge in [0.15, 0.2) is 0 Å². The monoisotopic (exact) mass is 389 g/mol. The van der Waals surface area contributed by atoms with Gasteiger partial charge in [-0.25, -0.2) is 0 Å². The molecule has 1 unspecified atom stereocenters. The van der Waals surface area contributed by atoms with Crippen LogP contribution in [0.1, 0.15) is 16.5 Å². The van der Waals surface area contributed by atoms with Crippen LogP contribution in [0.5, 0.6) is 5.75 Å². The lowest BCUT2D eigenvalue weighted by Gasteiger charge is -2.16. The van der Waals surface area contributed by atoms with Crippen molar-refractivity contribution in [3.05, 3.63) is 49.0 Å². The maximum atomic E-state index is 5.94. The summed E-state index contributed by atoms with van der Waals surface area (Å²) in [5.74, 6) is 0.843. The van der Waals surface area contributed by atoms with Gasteiger partial charge in [0.1, 0.15) is 11.9 Å². The molecule has 0 radical (unpaired) electrons. The second-order valence-electron chi connectivity index (χ2n) is 3.92. The Morgan fingerprint density at radius 3 is 2.67 bits per heavy atom. The second-order valence-corrected chi connectivity index (χ2v) is 6.63. The van der Waals surface area contributed by atoms with Crippen molar-refractivity contribution < 1.29 is 4.74 Å². The zero-order chi connectivity index (χ0) is 13.1. The van der Waals surface area contributed by atoms with E-state index >= 15 is 0 Å². The minimum absolute atomic E-state index is 0.0955. The molecule has 2 nitrogen and oxygen atoms in total. The molecule has 1 atom stereocenters. The summed E-state index contributed by atoms with van der Waals surface area (Å²) in [7, 11) is 0. The van der Waals surface area contributed by atoms with Crippen molar-refractivity contribution >= 4 is 43.2 Å².